The Balaban J connectivity index is 1.45. The molecule has 2 heterocycles. The number of hydrogen-bond acceptors (Lipinski definition) is 4. The number of amides is 1. The Bertz CT molecular complexity index is 963. The number of carbonyl (C=O) groups excluding carboxylic acids is 1. The smallest absolute Gasteiger partial charge is 0.228 e. The van der Waals surface area contributed by atoms with E-state index in [1.807, 2.05) is 48.5 Å². The molecule has 0 radical (unpaired) electrons. The quantitative estimate of drug-likeness (QED) is 0.734. The summed E-state index contributed by atoms with van der Waals surface area (Å²) < 4.78 is 7.54. The van der Waals surface area contributed by atoms with Crippen LogP contribution in [0.2, 0.25) is 0 Å². The Morgan fingerprint density at radius 2 is 1.89 bits per heavy atom. The fourth-order valence-corrected chi connectivity index (χ4v) is 3.63. The maximum atomic E-state index is 12.4. The third-order valence-corrected chi connectivity index (χ3v) is 5.08. The molecule has 28 heavy (non-hydrogen) atoms. The summed E-state index contributed by atoms with van der Waals surface area (Å²) >= 11 is 0. The van der Waals surface area contributed by atoms with Crippen LogP contribution in [0.15, 0.2) is 48.5 Å². The maximum absolute atomic E-state index is 12.4. The van der Waals surface area contributed by atoms with Crippen molar-refractivity contribution in [3.63, 3.8) is 0 Å². The number of rotatable bonds is 5. The third-order valence-electron chi connectivity index (χ3n) is 5.08. The van der Waals surface area contributed by atoms with Crippen LogP contribution in [0.1, 0.15) is 30.7 Å². The van der Waals surface area contributed by atoms with Crippen molar-refractivity contribution in [3.05, 3.63) is 59.9 Å². The second-order valence-corrected chi connectivity index (χ2v) is 7.02. The number of nitrogens with one attached hydrogen (secondary N) is 1. The largest absolute Gasteiger partial charge is 0.496 e. The number of aromatic nitrogens is 3. The molecule has 0 atom stereocenters. The van der Waals surface area contributed by atoms with Crippen molar-refractivity contribution in [3.8, 4) is 17.1 Å². The van der Waals surface area contributed by atoms with Gasteiger partial charge in [-0.2, -0.15) is 0 Å². The number of benzene rings is 2. The molecular weight excluding hydrogens is 352 g/mol. The Morgan fingerprint density at radius 1 is 1.07 bits per heavy atom. The minimum Gasteiger partial charge on any atom is -0.496 e. The number of nitrogens with zero attached hydrogens (tertiary/aromatic N) is 3. The van der Waals surface area contributed by atoms with Gasteiger partial charge in [0.15, 0.2) is 5.82 Å². The van der Waals surface area contributed by atoms with Crippen LogP contribution in [0, 0.1) is 0 Å². The van der Waals surface area contributed by atoms with Gasteiger partial charge in [-0.3, -0.25) is 4.79 Å². The molecule has 6 nitrogen and oxygen atoms in total. The van der Waals surface area contributed by atoms with Crippen LogP contribution >= 0.6 is 0 Å². The van der Waals surface area contributed by atoms with E-state index >= 15 is 0 Å². The fourth-order valence-electron chi connectivity index (χ4n) is 3.63. The summed E-state index contributed by atoms with van der Waals surface area (Å²) in [6.45, 7) is 0.967. The zero-order chi connectivity index (χ0) is 19.3. The number of anilines is 1. The van der Waals surface area contributed by atoms with Gasteiger partial charge in [-0.1, -0.05) is 24.6 Å². The topological polar surface area (TPSA) is 69.0 Å². The Kier molecular flexibility index (Phi) is 5.37. The average molecular weight is 376 g/mol. The molecule has 0 unspecified atom stereocenters. The number of carbonyl (C=O) groups is 1. The number of hydrogen-bond donors (Lipinski definition) is 1. The lowest BCUT2D eigenvalue weighted by atomic mass is 10.1. The van der Waals surface area contributed by atoms with Gasteiger partial charge in [0.05, 0.1) is 13.5 Å². The van der Waals surface area contributed by atoms with Crippen LogP contribution in [0.25, 0.3) is 11.4 Å². The molecule has 0 saturated carbocycles. The molecule has 3 aromatic rings. The fraction of sp³-hybridized carbons (Fsp3) is 0.318. The van der Waals surface area contributed by atoms with Gasteiger partial charge >= 0.3 is 0 Å². The van der Waals surface area contributed by atoms with E-state index in [2.05, 4.69) is 20.1 Å². The summed E-state index contributed by atoms with van der Waals surface area (Å²) in [4.78, 5) is 12.4. The first-order chi connectivity index (χ1) is 13.7. The predicted molar refractivity (Wildman–Crippen MR) is 108 cm³/mol. The summed E-state index contributed by atoms with van der Waals surface area (Å²) in [5, 5.41) is 11.7. The van der Waals surface area contributed by atoms with Crippen LogP contribution in [0.5, 0.6) is 5.75 Å². The molecule has 1 aliphatic rings. The summed E-state index contributed by atoms with van der Waals surface area (Å²) in [5.74, 6) is 2.62. The predicted octanol–water partition coefficient (Wildman–Crippen LogP) is 3.86. The van der Waals surface area contributed by atoms with E-state index in [0.717, 1.165) is 53.6 Å². The third kappa shape index (κ3) is 3.91. The number of para-hydroxylation sites is 1. The van der Waals surface area contributed by atoms with E-state index < -0.39 is 0 Å². The van der Waals surface area contributed by atoms with Crippen molar-refractivity contribution in [2.45, 2.75) is 38.6 Å². The second kappa shape index (κ2) is 8.25. The summed E-state index contributed by atoms with van der Waals surface area (Å²) in [6.07, 6.45) is 4.83. The molecule has 1 aliphatic heterocycles. The Hall–Kier alpha value is -3.15. The van der Waals surface area contributed by atoms with Crippen molar-refractivity contribution in [2.24, 2.45) is 0 Å². The maximum Gasteiger partial charge on any atom is 0.228 e. The van der Waals surface area contributed by atoms with E-state index in [1.54, 1.807) is 7.11 Å². The van der Waals surface area contributed by atoms with E-state index in [4.69, 9.17) is 4.74 Å². The van der Waals surface area contributed by atoms with E-state index in [-0.39, 0.29) is 12.3 Å². The van der Waals surface area contributed by atoms with Gasteiger partial charge in [0, 0.05) is 29.8 Å². The first-order valence-corrected chi connectivity index (χ1v) is 9.69. The molecule has 1 aromatic heterocycles. The molecule has 1 N–H and O–H groups in total. The van der Waals surface area contributed by atoms with Gasteiger partial charge in [-0.15, -0.1) is 10.2 Å². The highest BCUT2D eigenvalue weighted by molar-refractivity contribution is 5.92. The minimum atomic E-state index is -0.0754. The molecule has 0 fully saturated rings. The van der Waals surface area contributed by atoms with Gasteiger partial charge in [-0.05, 0) is 43.2 Å². The van der Waals surface area contributed by atoms with Gasteiger partial charge in [0.25, 0.3) is 0 Å². The average Bonchev–Trinajstić information content (AvgIpc) is 2.97. The molecule has 144 valence electrons. The van der Waals surface area contributed by atoms with Crippen molar-refractivity contribution in [1.29, 1.82) is 0 Å². The molecule has 6 heteroatoms. The molecule has 0 spiro atoms. The van der Waals surface area contributed by atoms with E-state index in [0.29, 0.717) is 0 Å². The van der Waals surface area contributed by atoms with E-state index in [1.165, 1.54) is 12.8 Å². The number of ether oxygens (including phenoxy) is 1. The van der Waals surface area contributed by atoms with Gasteiger partial charge in [0.1, 0.15) is 11.6 Å². The first-order valence-electron chi connectivity index (χ1n) is 9.69. The van der Waals surface area contributed by atoms with Crippen LogP contribution in [-0.2, 0) is 24.2 Å². The highest BCUT2D eigenvalue weighted by Crippen LogP contribution is 2.24. The van der Waals surface area contributed by atoms with Gasteiger partial charge in [-0.25, -0.2) is 0 Å². The van der Waals surface area contributed by atoms with Crippen LogP contribution in [0.4, 0.5) is 5.69 Å². The normalized spacial score (nSPS) is 13.5. The molecule has 1 amide bonds. The SMILES string of the molecule is COc1ccccc1CC(=O)Nc1ccc(-c2nnc3n2CCCCC3)cc1. The highest BCUT2D eigenvalue weighted by atomic mass is 16.5. The standard InChI is InChI=1S/C22H24N4O2/c1-28-19-8-5-4-7-17(19)15-21(27)23-18-12-10-16(11-13-18)22-25-24-20-9-3-2-6-14-26(20)22/h4-5,7-8,10-13H,2-3,6,9,14-15H2,1H3,(H,23,27). The van der Waals surface area contributed by atoms with Crippen molar-refractivity contribution in [2.75, 3.05) is 12.4 Å². The lowest BCUT2D eigenvalue weighted by Crippen LogP contribution is -2.14. The highest BCUT2D eigenvalue weighted by Gasteiger charge is 2.16. The Morgan fingerprint density at radius 3 is 2.71 bits per heavy atom. The molecule has 2 aromatic carbocycles. The first kappa shape index (κ1) is 18.2. The summed E-state index contributed by atoms with van der Waals surface area (Å²) in [5.41, 5.74) is 2.65. The van der Waals surface area contributed by atoms with Crippen molar-refractivity contribution in [1.82, 2.24) is 14.8 Å². The number of aryl methyl sites for hydroxylation is 1. The molecule has 0 bridgehead atoms. The monoisotopic (exact) mass is 376 g/mol. The molecule has 4 rings (SSSR count). The van der Waals surface area contributed by atoms with Crippen LogP contribution in [0.3, 0.4) is 0 Å². The minimum absolute atomic E-state index is 0.0754. The van der Waals surface area contributed by atoms with Crippen molar-refractivity contribution < 1.29 is 9.53 Å². The molecule has 0 aliphatic carbocycles. The van der Waals surface area contributed by atoms with Crippen LogP contribution in [-0.4, -0.2) is 27.8 Å². The lowest BCUT2D eigenvalue weighted by molar-refractivity contribution is -0.115. The van der Waals surface area contributed by atoms with Gasteiger partial charge < -0.3 is 14.6 Å². The Labute approximate surface area is 164 Å². The number of methoxy groups -OCH3 is 1. The summed E-state index contributed by atoms with van der Waals surface area (Å²) in [6, 6.07) is 15.4. The molecule has 0 saturated heterocycles. The lowest BCUT2D eigenvalue weighted by Gasteiger charge is -2.10. The van der Waals surface area contributed by atoms with Gasteiger partial charge in [0.2, 0.25) is 5.91 Å². The van der Waals surface area contributed by atoms with E-state index in [9.17, 15) is 4.79 Å². The number of fused-ring (bicyclic) bond motifs is 1. The zero-order valence-electron chi connectivity index (χ0n) is 16.0. The van der Waals surface area contributed by atoms with Crippen molar-refractivity contribution >= 4 is 11.6 Å². The zero-order valence-corrected chi connectivity index (χ0v) is 16.0. The summed E-state index contributed by atoms with van der Waals surface area (Å²) in [7, 11) is 1.61. The second-order valence-electron chi connectivity index (χ2n) is 7.02. The molecular formula is C22H24N4O2. The van der Waals surface area contributed by atoms with Crippen LogP contribution < -0.4 is 10.1 Å².